The van der Waals surface area contributed by atoms with Crippen molar-refractivity contribution in [3.63, 3.8) is 0 Å². The molecule has 7 heteroatoms. The fraction of sp³-hybridized carbons (Fsp3) is 0.389. The lowest BCUT2D eigenvalue weighted by atomic mass is 10.3. The van der Waals surface area contributed by atoms with Crippen molar-refractivity contribution in [3.8, 4) is 6.01 Å². The second-order valence-electron chi connectivity index (χ2n) is 6.41. The van der Waals surface area contributed by atoms with Crippen LogP contribution in [0, 0.1) is 13.8 Å². The molecule has 0 bridgehead atoms. The van der Waals surface area contributed by atoms with Gasteiger partial charge >= 0.3 is 6.01 Å². The lowest BCUT2D eigenvalue weighted by molar-refractivity contribution is 0.108. The molecule has 7 nitrogen and oxygen atoms in total. The summed E-state index contributed by atoms with van der Waals surface area (Å²) in [6.45, 7) is 6.84. The Morgan fingerprint density at radius 3 is 2.88 bits per heavy atom. The number of aromatic nitrogens is 4. The van der Waals surface area contributed by atoms with Crippen molar-refractivity contribution >= 4 is 0 Å². The number of furan rings is 1. The summed E-state index contributed by atoms with van der Waals surface area (Å²) in [6, 6.07) is 8.33. The first kappa shape index (κ1) is 15.8. The van der Waals surface area contributed by atoms with Crippen LogP contribution in [0.1, 0.15) is 22.9 Å². The van der Waals surface area contributed by atoms with E-state index < -0.39 is 0 Å². The summed E-state index contributed by atoms with van der Waals surface area (Å²) in [5.41, 5.74) is 2.06. The summed E-state index contributed by atoms with van der Waals surface area (Å²) >= 11 is 0. The van der Waals surface area contributed by atoms with E-state index in [1.807, 2.05) is 49.0 Å². The Kier molecular flexibility index (Phi) is 4.23. The number of rotatable bonds is 4. The van der Waals surface area contributed by atoms with E-state index in [9.17, 15) is 0 Å². The molecule has 0 spiro atoms. The Balaban J connectivity index is 1.54. The maximum atomic E-state index is 6.06. The molecule has 1 aliphatic heterocycles. The average molecular weight is 339 g/mol. The van der Waals surface area contributed by atoms with E-state index in [-0.39, 0.29) is 6.10 Å². The molecule has 0 aliphatic carbocycles. The van der Waals surface area contributed by atoms with E-state index in [1.165, 1.54) is 5.69 Å². The van der Waals surface area contributed by atoms with Crippen molar-refractivity contribution in [1.82, 2.24) is 24.6 Å². The van der Waals surface area contributed by atoms with Crippen molar-refractivity contribution in [2.75, 3.05) is 6.54 Å². The zero-order valence-corrected chi connectivity index (χ0v) is 14.4. The van der Waals surface area contributed by atoms with Gasteiger partial charge in [0, 0.05) is 31.2 Å². The molecule has 1 aliphatic rings. The molecule has 0 saturated heterocycles. The van der Waals surface area contributed by atoms with Gasteiger partial charge in [0.1, 0.15) is 17.6 Å². The third kappa shape index (κ3) is 3.71. The number of aryl methyl sites for hydroxylation is 2. The largest absolute Gasteiger partial charge is 0.465 e. The minimum Gasteiger partial charge on any atom is -0.465 e. The van der Waals surface area contributed by atoms with Gasteiger partial charge in [0.25, 0.3) is 0 Å². The van der Waals surface area contributed by atoms with Gasteiger partial charge in [0.15, 0.2) is 0 Å². The molecule has 0 radical (unpaired) electrons. The molecule has 0 N–H and O–H groups in total. The lowest BCUT2D eigenvalue weighted by Crippen LogP contribution is -2.35. The average Bonchev–Trinajstić information content (AvgIpc) is 3.13. The van der Waals surface area contributed by atoms with E-state index in [0.717, 1.165) is 36.8 Å². The number of nitrogens with zero attached hydrogens (tertiary/aromatic N) is 5. The number of hydrogen-bond acceptors (Lipinski definition) is 6. The first-order chi connectivity index (χ1) is 12.2. The van der Waals surface area contributed by atoms with Crippen LogP contribution in [-0.4, -0.2) is 37.3 Å². The van der Waals surface area contributed by atoms with Crippen LogP contribution in [0.15, 0.2) is 41.1 Å². The number of ether oxygens (including phenoxy) is 1. The van der Waals surface area contributed by atoms with Gasteiger partial charge < -0.3 is 9.15 Å². The summed E-state index contributed by atoms with van der Waals surface area (Å²) in [5, 5.41) is 4.42. The van der Waals surface area contributed by atoms with Crippen LogP contribution in [0.2, 0.25) is 0 Å². The molecule has 130 valence electrons. The summed E-state index contributed by atoms with van der Waals surface area (Å²) in [6.07, 6.45) is 3.46. The molecular weight excluding hydrogens is 318 g/mol. The Labute approximate surface area is 146 Å². The minimum absolute atomic E-state index is 0.0843. The van der Waals surface area contributed by atoms with Crippen molar-refractivity contribution in [1.29, 1.82) is 0 Å². The quantitative estimate of drug-likeness (QED) is 0.727. The zero-order valence-electron chi connectivity index (χ0n) is 14.4. The molecule has 3 aromatic heterocycles. The van der Waals surface area contributed by atoms with Gasteiger partial charge in [0.2, 0.25) is 0 Å². The number of hydrogen-bond donors (Lipinski definition) is 0. The summed E-state index contributed by atoms with van der Waals surface area (Å²) < 4.78 is 13.8. The SMILES string of the molecule is Cc1ccnc(OC2CN(Cc3ccc(C)o3)Cc3ccnn3C2)n1. The minimum atomic E-state index is -0.0843. The highest BCUT2D eigenvalue weighted by Crippen LogP contribution is 2.18. The highest BCUT2D eigenvalue weighted by Gasteiger charge is 2.25. The predicted molar refractivity (Wildman–Crippen MR) is 91.0 cm³/mol. The van der Waals surface area contributed by atoms with Crippen molar-refractivity contribution in [2.45, 2.75) is 39.6 Å². The van der Waals surface area contributed by atoms with Gasteiger partial charge in [-0.2, -0.15) is 5.10 Å². The van der Waals surface area contributed by atoms with Crippen LogP contribution in [0.3, 0.4) is 0 Å². The van der Waals surface area contributed by atoms with Gasteiger partial charge in [-0.05, 0) is 38.1 Å². The third-order valence-corrected chi connectivity index (χ3v) is 4.25. The van der Waals surface area contributed by atoms with E-state index >= 15 is 0 Å². The topological polar surface area (TPSA) is 69.2 Å². The van der Waals surface area contributed by atoms with Crippen LogP contribution in [0.5, 0.6) is 6.01 Å². The predicted octanol–water partition coefficient (Wildman–Crippen LogP) is 2.35. The van der Waals surface area contributed by atoms with Crippen LogP contribution >= 0.6 is 0 Å². The van der Waals surface area contributed by atoms with Gasteiger partial charge in [0.05, 0.1) is 18.8 Å². The van der Waals surface area contributed by atoms with Crippen molar-refractivity contribution in [3.05, 3.63) is 59.6 Å². The maximum Gasteiger partial charge on any atom is 0.316 e. The first-order valence-electron chi connectivity index (χ1n) is 8.40. The van der Waals surface area contributed by atoms with Crippen LogP contribution in [0.25, 0.3) is 0 Å². The van der Waals surface area contributed by atoms with Crippen molar-refractivity contribution < 1.29 is 9.15 Å². The Bertz CT molecular complexity index is 857. The Morgan fingerprint density at radius 1 is 1.16 bits per heavy atom. The Morgan fingerprint density at radius 2 is 2.08 bits per heavy atom. The standard InChI is InChI=1S/C18H21N5O2/c1-13-5-7-19-18(21-13)25-17-11-22(10-16-4-3-14(2)24-16)9-15-6-8-20-23(15)12-17/h3-8,17H,9-12H2,1-2H3. The molecule has 25 heavy (non-hydrogen) atoms. The van der Waals surface area contributed by atoms with Crippen LogP contribution in [-0.2, 0) is 19.6 Å². The van der Waals surface area contributed by atoms with Crippen molar-refractivity contribution in [2.24, 2.45) is 0 Å². The maximum absolute atomic E-state index is 6.06. The summed E-state index contributed by atoms with van der Waals surface area (Å²) in [4.78, 5) is 10.9. The molecule has 4 heterocycles. The molecule has 1 unspecified atom stereocenters. The second kappa shape index (κ2) is 6.68. The van der Waals surface area contributed by atoms with E-state index in [2.05, 4.69) is 20.0 Å². The summed E-state index contributed by atoms with van der Waals surface area (Å²) in [7, 11) is 0. The molecule has 0 saturated carbocycles. The number of fused-ring (bicyclic) bond motifs is 1. The third-order valence-electron chi connectivity index (χ3n) is 4.25. The molecular formula is C18H21N5O2. The second-order valence-corrected chi connectivity index (χ2v) is 6.41. The van der Waals surface area contributed by atoms with Crippen LogP contribution in [0.4, 0.5) is 0 Å². The molecule has 1 atom stereocenters. The van der Waals surface area contributed by atoms with Crippen LogP contribution < -0.4 is 4.74 Å². The van der Waals surface area contributed by atoms with E-state index in [4.69, 9.17) is 9.15 Å². The molecule has 0 amide bonds. The first-order valence-corrected chi connectivity index (χ1v) is 8.40. The van der Waals surface area contributed by atoms with Gasteiger partial charge in [-0.3, -0.25) is 9.58 Å². The fourth-order valence-corrected chi connectivity index (χ4v) is 3.11. The fourth-order valence-electron chi connectivity index (χ4n) is 3.11. The van der Waals surface area contributed by atoms with Gasteiger partial charge in [-0.1, -0.05) is 0 Å². The molecule has 0 aromatic carbocycles. The monoisotopic (exact) mass is 339 g/mol. The molecule has 3 aromatic rings. The highest BCUT2D eigenvalue weighted by atomic mass is 16.5. The smallest absolute Gasteiger partial charge is 0.316 e. The molecule has 0 fully saturated rings. The lowest BCUT2D eigenvalue weighted by Gasteiger charge is -2.23. The van der Waals surface area contributed by atoms with Gasteiger partial charge in [-0.25, -0.2) is 9.97 Å². The normalized spacial score (nSPS) is 17.9. The van der Waals surface area contributed by atoms with E-state index in [1.54, 1.807) is 6.20 Å². The van der Waals surface area contributed by atoms with Gasteiger partial charge in [-0.15, -0.1) is 0 Å². The zero-order chi connectivity index (χ0) is 17.2. The highest BCUT2D eigenvalue weighted by molar-refractivity contribution is 5.08. The van der Waals surface area contributed by atoms with E-state index in [0.29, 0.717) is 12.6 Å². The summed E-state index contributed by atoms with van der Waals surface area (Å²) in [5.74, 6) is 1.88. The Hall–Kier alpha value is -2.67. The molecule has 4 rings (SSSR count).